The lowest BCUT2D eigenvalue weighted by Gasteiger charge is -2.25. The normalized spacial score (nSPS) is 16.1. The van der Waals surface area contributed by atoms with Gasteiger partial charge in [0.25, 0.3) is 0 Å². The Morgan fingerprint density at radius 3 is 2.55 bits per heavy atom. The van der Waals surface area contributed by atoms with Crippen LogP contribution in [0.3, 0.4) is 0 Å². The molecule has 1 aliphatic rings. The maximum absolute atomic E-state index is 12.8. The molecule has 2 aromatic carbocycles. The van der Waals surface area contributed by atoms with Crippen molar-refractivity contribution in [3.05, 3.63) is 58.9 Å². The quantitative estimate of drug-likeness (QED) is 0.596. The Labute approximate surface area is 186 Å². The predicted molar refractivity (Wildman–Crippen MR) is 121 cm³/mol. The van der Waals surface area contributed by atoms with E-state index in [9.17, 15) is 4.79 Å². The number of fused-ring (bicyclic) bond motifs is 1. The fourth-order valence-electron chi connectivity index (χ4n) is 3.67. The molecular formula is C23H26N4O3S. The first kappa shape index (κ1) is 21.2. The zero-order valence-corrected chi connectivity index (χ0v) is 19.1. The summed E-state index contributed by atoms with van der Waals surface area (Å²) in [6.45, 7) is 8.29. The molecule has 7 nitrogen and oxygen atoms in total. The van der Waals surface area contributed by atoms with Gasteiger partial charge in [-0.05, 0) is 51.0 Å². The van der Waals surface area contributed by atoms with E-state index in [0.717, 1.165) is 22.6 Å². The van der Waals surface area contributed by atoms with Crippen LogP contribution in [0.1, 0.15) is 35.5 Å². The Bertz CT molecular complexity index is 1100. The van der Waals surface area contributed by atoms with Crippen LogP contribution in [0.15, 0.2) is 41.6 Å². The van der Waals surface area contributed by atoms with E-state index in [0.29, 0.717) is 23.3 Å². The van der Waals surface area contributed by atoms with Crippen molar-refractivity contribution in [2.75, 3.05) is 11.9 Å². The molecule has 0 saturated heterocycles. The van der Waals surface area contributed by atoms with E-state index in [4.69, 9.17) is 9.47 Å². The van der Waals surface area contributed by atoms with Gasteiger partial charge in [0.05, 0.1) is 5.25 Å². The third-order valence-corrected chi connectivity index (χ3v) is 6.38. The predicted octanol–water partition coefficient (Wildman–Crippen LogP) is 4.37. The summed E-state index contributed by atoms with van der Waals surface area (Å²) in [5.41, 5.74) is 4.16. The van der Waals surface area contributed by atoms with Gasteiger partial charge in [-0.25, -0.2) is 0 Å². The number of thioether (sulfide) groups is 1. The van der Waals surface area contributed by atoms with Crippen molar-refractivity contribution in [3.63, 3.8) is 0 Å². The zero-order chi connectivity index (χ0) is 22.1. The van der Waals surface area contributed by atoms with Crippen LogP contribution in [0.2, 0.25) is 0 Å². The van der Waals surface area contributed by atoms with Crippen molar-refractivity contribution in [3.8, 4) is 11.5 Å². The Morgan fingerprint density at radius 1 is 1.16 bits per heavy atom. The van der Waals surface area contributed by atoms with Gasteiger partial charge in [0, 0.05) is 12.7 Å². The summed E-state index contributed by atoms with van der Waals surface area (Å²) in [7, 11) is 1.88. The molecule has 0 aliphatic carbocycles. The number of anilines is 1. The largest absolute Gasteiger partial charge is 0.485 e. The van der Waals surface area contributed by atoms with Crippen molar-refractivity contribution >= 4 is 23.4 Å². The van der Waals surface area contributed by atoms with Crippen molar-refractivity contribution in [2.45, 2.75) is 44.2 Å². The molecular weight excluding hydrogens is 412 g/mol. The molecule has 162 valence electrons. The molecule has 8 heteroatoms. The molecule has 1 N–H and O–H groups in total. The minimum Gasteiger partial charge on any atom is -0.485 e. The summed E-state index contributed by atoms with van der Waals surface area (Å²) >= 11 is 1.36. The number of nitrogens with zero attached hydrogens (tertiary/aromatic N) is 3. The molecule has 0 fully saturated rings. The van der Waals surface area contributed by atoms with Gasteiger partial charge in [0.1, 0.15) is 6.61 Å². The molecule has 0 radical (unpaired) electrons. The van der Waals surface area contributed by atoms with Gasteiger partial charge in [-0.1, -0.05) is 41.6 Å². The summed E-state index contributed by atoms with van der Waals surface area (Å²) in [6, 6.07) is 11.7. The summed E-state index contributed by atoms with van der Waals surface area (Å²) in [4.78, 5) is 12.8. The van der Waals surface area contributed by atoms with E-state index >= 15 is 0 Å². The van der Waals surface area contributed by atoms with Crippen molar-refractivity contribution in [1.29, 1.82) is 0 Å². The fraction of sp³-hybridized carbons (Fsp3) is 0.348. The van der Waals surface area contributed by atoms with Crippen LogP contribution >= 0.6 is 11.8 Å². The number of carbonyl (C=O) groups is 1. The first-order chi connectivity index (χ1) is 14.8. The third kappa shape index (κ3) is 4.39. The summed E-state index contributed by atoms with van der Waals surface area (Å²) in [5.74, 6) is 2.00. The second kappa shape index (κ2) is 8.63. The van der Waals surface area contributed by atoms with Crippen molar-refractivity contribution in [1.82, 2.24) is 14.8 Å². The lowest BCUT2D eigenvalue weighted by Crippen LogP contribution is -2.25. The Hall–Kier alpha value is -3.00. The van der Waals surface area contributed by atoms with Crippen LogP contribution < -0.4 is 14.8 Å². The molecule has 2 atom stereocenters. The van der Waals surface area contributed by atoms with Crippen LogP contribution in [0, 0.1) is 20.8 Å². The lowest BCUT2D eigenvalue weighted by molar-refractivity contribution is -0.115. The van der Waals surface area contributed by atoms with E-state index in [1.165, 1.54) is 17.3 Å². The topological polar surface area (TPSA) is 78.3 Å². The van der Waals surface area contributed by atoms with Gasteiger partial charge >= 0.3 is 0 Å². The first-order valence-corrected chi connectivity index (χ1v) is 11.0. The van der Waals surface area contributed by atoms with Crippen LogP contribution in [0.25, 0.3) is 0 Å². The van der Waals surface area contributed by atoms with Crippen LogP contribution in [0.5, 0.6) is 11.5 Å². The number of aryl methyl sites for hydroxylation is 3. The van der Waals surface area contributed by atoms with E-state index in [-0.39, 0.29) is 17.3 Å². The van der Waals surface area contributed by atoms with Gasteiger partial charge in [0.2, 0.25) is 5.91 Å². The number of aromatic nitrogens is 3. The number of ether oxygens (including phenoxy) is 2. The van der Waals surface area contributed by atoms with Gasteiger partial charge in [-0.15, -0.1) is 10.2 Å². The molecule has 0 bridgehead atoms. The monoisotopic (exact) mass is 438 g/mol. The van der Waals surface area contributed by atoms with Crippen molar-refractivity contribution in [2.24, 2.45) is 7.05 Å². The number of carbonyl (C=O) groups excluding carboxylic acids is 1. The Balaban J connectivity index is 1.45. The highest BCUT2D eigenvalue weighted by molar-refractivity contribution is 8.00. The Morgan fingerprint density at radius 2 is 1.84 bits per heavy atom. The minimum absolute atomic E-state index is 0.0734. The molecule has 1 amide bonds. The molecule has 4 rings (SSSR count). The number of nitrogens with one attached hydrogen (secondary N) is 1. The van der Waals surface area contributed by atoms with Crippen LogP contribution in [-0.2, 0) is 11.8 Å². The van der Waals surface area contributed by atoms with E-state index in [2.05, 4.69) is 34.6 Å². The van der Waals surface area contributed by atoms with Gasteiger partial charge in [0.15, 0.2) is 28.6 Å². The highest BCUT2D eigenvalue weighted by Gasteiger charge is 2.28. The van der Waals surface area contributed by atoms with Gasteiger partial charge in [-0.3, -0.25) is 4.79 Å². The number of hydrogen-bond acceptors (Lipinski definition) is 6. The van der Waals surface area contributed by atoms with Crippen molar-refractivity contribution < 1.29 is 14.3 Å². The SMILES string of the molecule is Cc1cc(C)c(NC(=O)C(C)Sc2nnc(C3COc4ccccc4O3)n2C)c(C)c1. The van der Waals surface area contributed by atoms with E-state index in [1.807, 2.05) is 56.7 Å². The summed E-state index contributed by atoms with van der Waals surface area (Å²) < 4.78 is 13.7. The number of rotatable bonds is 5. The Kier molecular flexibility index (Phi) is 5.91. The lowest BCUT2D eigenvalue weighted by atomic mass is 10.1. The zero-order valence-electron chi connectivity index (χ0n) is 18.3. The number of amides is 1. The van der Waals surface area contributed by atoms with Gasteiger partial charge in [-0.2, -0.15) is 0 Å². The first-order valence-electron chi connectivity index (χ1n) is 10.2. The van der Waals surface area contributed by atoms with Crippen LogP contribution in [-0.4, -0.2) is 32.5 Å². The highest BCUT2D eigenvalue weighted by atomic mass is 32.2. The average molecular weight is 439 g/mol. The second-order valence-electron chi connectivity index (χ2n) is 7.79. The summed E-state index contributed by atoms with van der Waals surface area (Å²) in [6.07, 6.45) is -0.358. The maximum atomic E-state index is 12.8. The molecule has 0 spiro atoms. The molecule has 1 aliphatic heterocycles. The van der Waals surface area contributed by atoms with E-state index < -0.39 is 0 Å². The van der Waals surface area contributed by atoms with E-state index in [1.54, 1.807) is 0 Å². The van der Waals surface area contributed by atoms with Gasteiger partial charge < -0.3 is 19.4 Å². The molecule has 2 heterocycles. The maximum Gasteiger partial charge on any atom is 0.237 e. The number of hydrogen-bond donors (Lipinski definition) is 1. The average Bonchev–Trinajstić information content (AvgIpc) is 3.10. The fourth-order valence-corrected chi connectivity index (χ4v) is 4.49. The van der Waals surface area contributed by atoms with Crippen LogP contribution in [0.4, 0.5) is 5.69 Å². The smallest absolute Gasteiger partial charge is 0.237 e. The molecule has 2 unspecified atom stereocenters. The third-order valence-electron chi connectivity index (χ3n) is 5.24. The number of benzene rings is 2. The highest BCUT2D eigenvalue weighted by Crippen LogP contribution is 2.36. The second-order valence-corrected chi connectivity index (χ2v) is 9.10. The molecule has 1 aromatic heterocycles. The molecule has 3 aromatic rings. The summed E-state index contributed by atoms with van der Waals surface area (Å²) in [5, 5.41) is 12.0. The molecule has 0 saturated carbocycles. The number of para-hydroxylation sites is 2. The molecule has 31 heavy (non-hydrogen) atoms. The minimum atomic E-state index is -0.358. The standard InChI is InChI=1S/C23H26N4O3S/c1-13-10-14(2)20(15(3)11-13)24-22(28)16(4)31-23-26-25-21(27(23)5)19-12-29-17-8-6-7-9-18(17)30-19/h6-11,16,19H,12H2,1-5H3,(H,24,28).